The van der Waals surface area contributed by atoms with Gasteiger partial charge in [-0.3, -0.25) is 4.98 Å². The molecule has 0 fully saturated rings. The third-order valence-electron chi connectivity index (χ3n) is 11.1. The third-order valence-corrected chi connectivity index (χ3v) is 11.1. The Morgan fingerprint density at radius 2 is 0.750 bits per heavy atom. The van der Waals surface area contributed by atoms with Crippen molar-refractivity contribution < 1.29 is 0 Å². The summed E-state index contributed by atoms with van der Waals surface area (Å²) < 4.78 is 4.41. The standard InChI is InChI=1S/C52H26N8/c53-25-32-6-5-7-39(18-32)52-50(59-46-10-3-1-8-42(46)44-14-12-37(23-48(44)59)40-19-33(26-54)16-34(20-40)27-55)30-58-31-51(52)60-47-11-4-2-9-43(47)45-15-13-38(24-49(45)60)41-21-35(28-56)17-36(22-41)29-57/h1-24,30-31H. The molecule has 0 spiro atoms. The molecule has 10 rings (SSSR count). The Hall–Kier alpha value is -9.26. The highest BCUT2D eigenvalue weighted by Gasteiger charge is 2.23. The van der Waals surface area contributed by atoms with Gasteiger partial charge in [0, 0.05) is 27.1 Å². The molecule has 0 radical (unpaired) electrons. The molecule has 0 amide bonds. The van der Waals surface area contributed by atoms with E-state index in [1.807, 2.05) is 67.0 Å². The number of benzene rings is 7. The molecule has 0 atom stereocenters. The highest BCUT2D eigenvalue weighted by Crippen LogP contribution is 2.43. The Kier molecular flexibility index (Phi) is 8.23. The summed E-state index contributed by atoms with van der Waals surface area (Å²) in [5.41, 5.74) is 12.2. The fourth-order valence-corrected chi connectivity index (χ4v) is 8.48. The molecule has 60 heavy (non-hydrogen) atoms. The lowest BCUT2D eigenvalue weighted by atomic mass is 9.98. The van der Waals surface area contributed by atoms with E-state index in [0.29, 0.717) is 27.8 Å². The molecule has 3 aromatic heterocycles. The van der Waals surface area contributed by atoms with Crippen molar-refractivity contribution in [2.24, 2.45) is 0 Å². The monoisotopic (exact) mass is 762 g/mol. The Morgan fingerprint density at radius 3 is 1.20 bits per heavy atom. The zero-order valence-corrected chi connectivity index (χ0v) is 31.6. The molecule has 10 aromatic rings. The summed E-state index contributed by atoms with van der Waals surface area (Å²) in [5, 5.41) is 53.4. The largest absolute Gasteiger partial charge is 0.307 e. The predicted molar refractivity (Wildman–Crippen MR) is 233 cm³/mol. The fourth-order valence-electron chi connectivity index (χ4n) is 8.48. The second-order valence-electron chi connectivity index (χ2n) is 14.5. The number of rotatable bonds is 5. The van der Waals surface area contributed by atoms with E-state index >= 15 is 0 Å². The first-order chi connectivity index (χ1) is 29.5. The molecular weight excluding hydrogens is 737 g/mol. The van der Waals surface area contributed by atoms with Gasteiger partial charge in [0.25, 0.3) is 0 Å². The SMILES string of the molecule is N#Cc1cc(C#N)cc(-c2ccc3c4ccccc4n(-c4cncc(-n5c6ccccc6c6ccc(-c7cc(C#N)cc(C#N)c7)cc65)c4-c4cccc(C#N)c4)c3c2)c1. The molecule has 0 aliphatic heterocycles. The van der Waals surface area contributed by atoms with Crippen molar-refractivity contribution in [3.63, 3.8) is 0 Å². The van der Waals surface area contributed by atoms with Crippen LogP contribution in [0.2, 0.25) is 0 Å². The van der Waals surface area contributed by atoms with Crippen molar-refractivity contribution >= 4 is 43.6 Å². The van der Waals surface area contributed by atoms with Crippen molar-refractivity contribution in [3.05, 3.63) is 186 Å². The molecule has 274 valence electrons. The lowest BCUT2D eigenvalue weighted by molar-refractivity contribution is 1.09. The van der Waals surface area contributed by atoms with Crippen LogP contribution in [-0.4, -0.2) is 14.1 Å². The van der Waals surface area contributed by atoms with Gasteiger partial charge in [0.15, 0.2) is 0 Å². The van der Waals surface area contributed by atoms with Crippen molar-refractivity contribution in [2.75, 3.05) is 0 Å². The molecule has 0 saturated carbocycles. The van der Waals surface area contributed by atoms with E-state index in [1.165, 1.54) is 0 Å². The number of aromatic nitrogens is 3. The van der Waals surface area contributed by atoms with Crippen LogP contribution in [0, 0.1) is 56.7 Å². The maximum absolute atomic E-state index is 10.2. The van der Waals surface area contributed by atoms with E-state index in [0.717, 1.165) is 88.4 Å². The van der Waals surface area contributed by atoms with Gasteiger partial charge in [-0.25, -0.2) is 0 Å². The molecular formula is C52H26N8. The van der Waals surface area contributed by atoms with Crippen molar-refractivity contribution in [1.82, 2.24) is 14.1 Å². The van der Waals surface area contributed by atoms with Crippen molar-refractivity contribution in [3.8, 4) is 75.1 Å². The number of hydrogen-bond acceptors (Lipinski definition) is 6. The quantitative estimate of drug-likeness (QED) is 0.171. The molecule has 8 nitrogen and oxygen atoms in total. The van der Waals surface area contributed by atoms with Crippen LogP contribution in [0.3, 0.4) is 0 Å². The number of fused-ring (bicyclic) bond motifs is 6. The minimum absolute atomic E-state index is 0.402. The Labute approximate surface area is 343 Å². The van der Waals surface area contributed by atoms with Gasteiger partial charge in [-0.2, -0.15) is 26.3 Å². The molecule has 0 saturated heterocycles. The zero-order valence-electron chi connectivity index (χ0n) is 31.6. The van der Waals surface area contributed by atoms with Gasteiger partial charge in [0.05, 0.1) is 104 Å². The summed E-state index contributed by atoms with van der Waals surface area (Å²) in [6, 6.07) is 57.8. The molecule has 0 aliphatic carbocycles. The molecule has 7 aromatic carbocycles. The van der Waals surface area contributed by atoms with Gasteiger partial charge >= 0.3 is 0 Å². The summed E-state index contributed by atoms with van der Waals surface area (Å²) in [4.78, 5) is 4.95. The Morgan fingerprint density at radius 1 is 0.333 bits per heavy atom. The van der Waals surface area contributed by atoms with E-state index in [-0.39, 0.29) is 0 Å². The molecule has 3 heterocycles. The summed E-state index contributed by atoms with van der Waals surface area (Å²) in [6.07, 6.45) is 3.72. The predicted octanol–water partition coefficient (Wildman–Crippen LogP) is 11.6. The first-order valence-corrected chi connectivity index (χ1v) is 19.0. The number of nitriles is 5. The number of para-hydroxylation sites is 2. The summed E-state index contributed by atoms with van der Waals surface area (Å²) in [7, 11) is 0. The average Bonchev–Trinajstić information content (AvgIpc) is 3.82. The molecule has 0 aliphatic rings. The van der Waals surface area contributed by atoms with Gasteiger partial charge in [-0.1, -0.05) is 72.8 Å². The van der Waals surface area contributed by atoms with Crippen LogP contribution in [0.25, 0.3) is 88.4 Å². The first kappa shape index (κ1) is 35.2. The number of hydrogen-bond donors (Lipinski definition) is 0. The van der Waals surface area contributed by atoms with Gasteiger partial charge < -0.3 is 9.13 Å². The van der Waals surface area contributed by atoms with Gasteiger partial charge in [-0.15, -0.1) is 0 Å². The van der Waals surface area contributed by atoms with Crippen LogP contribution in [0.1, 0.15) is 27.8 Å². The Balaban J connectivity index is 1.32. The third kappa shape index (κ3) is 5.61. The lowest BCUT2D eigenvalue weighted by Gasteiger charge is -2.20. The zero-order chi connectivity index (χ0) is 40.9. The Bertz CT molecular complexity index is 3400. The molecule has 0 N–H and O–H groups in total. The number of pyridine rings is 1. The van der Waals surface area contributed by atoms with Crippen LogP contribution in [0.4, 0.5) is 0 Å². The van der Waals surface area contributed by atoms with Gasteiger partial charge in [-0.05, 0) is 101 Å². The maximum Gasteiger partial charge on any atom is 0.0992 e. The highest BCUT2D eigenvalue weighted by molar-refractivity contribution is 6.13. The normalized spacial score (nSPS) is 10.9. The molecule has 0 bridgehead atoms. The lowest BCUT2D eigenvalue weighted by Crippen LogP contribution is -2.05. The van der Waals surface area contributed by atoms with Crippen LogP contribution < -0.4 is 0 Å². The van der Waals surface area contributed by atoms with Crippen molar-refractivity contribution in [2.45, 2.75) is 0 Å². The first-order valence-electron chi connectivity index (χ1n) is 19.0. The van der Waals surface area contributed by atoms with Crippen LogP contribution in [-0.2, 0) is 0 Å². The van der Waals surface area contributed by atoms with E-state index < -0.39 is 0 Å². The summed E-state index contributed by atoms with van der Waals surface area (Å²) >= 11 is 0. The fraction of sp³-hybridized carbons (Fsp3) is 0. The van der Waals surface area contributed by atoms with E-state index in [2.05, 4.69) is 88.0 Å². The highest BCUT2D eigenvalue weighted by atomic mass is 15.0. The van der Waals surface area contributed by atoms with E-state index in [4.69, 9.17) is 4.98 Å². The van der Waals surface area contributed by atoms with E-state index in [1.54, 1.807) is 42.5 Å². The smallest absolute Gasteiger partial charge is 0.0992 e. The van der Waals surface area contributed by atoms with Crippen LogP contribution in [0.5, 0.6) is 0 Å². The second-order valence-corrected chi connectivity index (χ2v) is 14.5. The van der Waals surface area contributed by atoms with Gasteiger partial charge in [0.1, 0.15) is 0 Å². The minimum Gasteiger partial charge on any atom is -0.307 e. The molecule has 8 heteroatoms. The minimum atomic E-state index is 0.402. The van der Waals surface area contributed by atoms with Gasteiger partial charge in [0.2, 0.25) is 0 Å². The van der Waals surface area contributed by atoms with Crippen molar-refractivity contribution in [1.29, 1.82) is 26.3 Å². The second kappa shape index (κ2) is 14.0. The van der Waals surface area contributed by atoms with Crippen LogP contribution >= 0.6 is 0 Å². The number of nitrogens with zero attached hydrogens (tertiary/aromatic N) is 8. The summed E-state index contributed by atoms with van der Waals surface area (Å²) in [6.45, 7) is 0. The van der Waals surface area contributed by atoms with E-state index in [9.17, 15) is 26.3 Å². The molecule has 0 unspecified atom stereocenters. The summed E-state index contributed by atoms with van der Waals surface area (Å²) in [5.74, 6) is 0. The maximum atomic E-state index is 10.2. The van der Waals surface area contributed by atoms with Crippen LogP contribution in [0.15, 0.2) is 158 Å². The average molecular weight is 763 g/mol. The topological polar surface area (TPSA) is 142 Å².